The largest absolute Gasteiger partial charge is 0.492 e. The third kappa shape index (κ3) is 5.11. The van der Waals surface area contributed by atoms with E-state index >= 15 is 0 Å². The van der Waals surface area contributed by atoms with Gasteiger partial charge in [-0.25, -0.2) is 8.42 Å². The highest BCUT2D eigenvalue weighted by atomic mass is 35.5. The molecule has 0 radical (unpaired) electrons. The molecule has 8 nitrogen and oxygen atoms in total. The van der Waals surface area contributed by atoms with Gasteiger partial charge in [0.05, 0.1) is 12.6 Å². The zero-order chi connectivity index (χ0) is 21.0. The van der Waals surface area contributed by atoms with Crippen molar-refractivity contribution in [2.45, 2.75) is 24.8 Å². The second kappa shape index (κ2) is 8.89. The van der Waals surface area contributed by atoms with Gasteiger partial charge in [0, 0.05) is 16.8 Å². The van der Waals surface area contributed by atoms with E-state index < -0.39 is 22.0 Å². The van der Waals surface area contributed by atoms with E-state index in [4.69, 9.17) is 25.8 Å². The Morgan fingerprint density at radius 1 is 1.17 bits per heavy atom. The van der Waals surface area contributed by atoms with Crippen LogP contribution in [-0.2, 0) is 14.8 Å². The molecular formula is C19H21ClN2O6S. The SMILES string of the molecule is CCOc1ccc(Cl)cc1S(=O)(=O)NC(C)C(=O)Nc1ccc2c(c1)OCCO2. The van der Waals surface area contributed by atoms with E-state index in [1.807, 2.05) is 0 Å². The zero-order valence-corrected chi connectivity index (χ0v) is 17.5. The molecule has 3 rings (SSSR count). The molecule has 2 N–H and O–H groups in total. The molecule has 1 unspecified atom stereocenters. The lowest BCUT2D eigenvalue weighted by Crippen LogP contribution is -2.41. The van der Waals surface area contributed by atoms with Crippen molar-refractivity contribution in [3.05, 3.63) is 41.4 Å². The van der Waals surface area contributed by atoms with Crippen LogP contribution in [0.4, 0.5) is 5.69 Å². The second-order valence-electron chi connectivity index (χ2n) is 6.21. The molecule has 156 valence electrons. The molecule has 1 aliphatic heterocycles. The number of anilines is 1. The molecule has 0 fully saturated rings. The van der Waals surface area contributed by atoms with E-state index in [2.05, 4.69) is 10.0 Å². The predicted molar refractivity (Wildman–Crippen MR) is 108 cm³/mol. The monoisotopic (exact) mass is 440 g/mol. The summed E-state index contributed by atoms with van der Waals surface area (Å²) in [7, 11) is -4.05. The van der Waals surface area contributed by atoms with E-state index in [9.17, 15) is 13.2 Å². The van der Waals surface area contributed by atoms with E-state index in [1.54, 1.807) is 25.1 Å². The van der Waals surface area contributed by atoms with Crippen LogP contribution in [0.1, 0.15) is 13.8 Å². The number of amides is 1. The summed E-state index contributed by atoms with van der Waals surface area (Å²) in [5, 5.41) is 2.90. The van der Waals surface area contributed by atoms with Gasteiger partial charge in [-0.05, 0) is 44.2 Å². The molecule has 0 aliphatic carbocycles. The fourth-order valence-electron chi connectivity index (χ4n) is 2.69. The normalized spacial score (nSPS) is 14.2. The maximum atomic E-state index is 12.8. The Morgan fingerprint density at radius 3 is 2.62 bits per heavy atom. The van der Waals surface area contributed by atoms with Crippen LogP contribution >= 0.6 is 11.6 Å². The molecule has 1 aliphatic rings. The second-order valence-corrected chi connectivity index (χ2v) is 8.33. The average Bonchev–Trinajstić information content (AvgIpc) is 2.69. The zero-order valence-electron chi connectivity index (χ0n) is 15.9. The molecule has 2 aromatic carbocycles. The number of ether oxygens (including phenoxy) is 3. The maximum Gasteiger partial charge on any atom is 0.245 e. The molecule has 0 aromatic heterocycles. The Labute approximate surface area is 174 Å². The van der Waals surface area contributed by atoms with E-state index in [1.165, 1.54) is 25.1 Å². The highest BCUT2D eigenvalue weighted by Crippen LogP contribution is 2.32. The molecular weight excluding hydrogens is 420 g/mol. The van der Waals surface area contributed by atoms with Gasteiger partial charge in [-0.1, -0.05) is 11.6 Å². The fourth-order valence-corrected chi connectivity index (χ4v) is 4.30. The summed E-state index contributed by atoms with van der Waals surface area (Å²) in [6.45, 7) is 4.34. The van der Waals surface area contributed by atoms with Crippen molar-refractivity contribution in [2.75, 3.05) is 25.1 Å². The highest BCUT2D eigenvalue weighted by molar-refractivity contribution is 7.89. The van der Waals surface area contributed by atoms with Gasteiger partial charge >= 0.3 is 0 Å². The van der Waals surface area contributed by atoms with Crippen LogP contribution in [0.5, 0.6) is 17.2 Å². The third-order valence-electron chi connectivity index (χ3n) is 4.03. The number of halogens is 1. The number of hydrogen-bond acceptors (Lipinski definition) is 6. The lowest BCUT2D eigenvalue weighted by molar-refractivity contribution is -0.117. The molecule has 0 spiro atoms. The van der Waals surface area contributed by atoms with Crippen LogP contribution < -0.4 is 24.2 Å². The smallest absolute Gasteiger partial charge is 0.245 e. The summed E-state index contributed by atoms with van der Waals surface area (Å²) in [5.41, 5.74) is 0.461. The number of hydrogen-bond donors (Lipinski definition) is 2. The number of sulfonamides is 1. The van der Waals surface area contributed by atoms with Crippen LogP contribution in [0.3, 0.4) is 0 Å². The van der Waals surface area contributed by atoms with Crippen molar-refractivity contribution in [1.29, 1.82) is 0 Å². The van der Waals surface area contributed by atoms with Crippen molar-refractivity contribution < 1.29 is 27.4 Å². The maximum absolute atomic E-state index is 12.8. The van der Waals surface area contributed by atoms with Gasteiger partial charge in [0.25, 0.3) is 0 Å². The number of benzene rings is 2. The minimum absolute atomic E-state index is 0.133. The van der Waals surface area contributed by atoms with Crippen molar-refractivity contribution in [1.82, 2.24) is 4.72 Å². The van der Waals surface area contributed by atoms with Gasteiger partial charge in [0.1, 0.15) is 23.9 Å². The quantitative estimate of drug-likeness (QED) is 0.686. The number of nitrogens with one attached hydrogen (secondary N) is 2. The number of carbonyl (C=O) groups is 1. The predicted octanol–water partition coefficient (Wildman–Crippen LogP) is 2.82. The first-order chi connectivity index (χ1) is 13.8. The molecule has 1 heterocycles. The van der Waals surface area contributed by atoms with Gasteiger partial charge in [0.15, 0.2) is 11.5 Å². The lowest BCUT2D eigenvalue weighted by Gasteiger charge is -2.20. The van der Waals surface area contributed by atoms with Gasteiger partial charge in [-0.3, -0.25) is 4.79 Å². The summed E-state index contributed by atoms with van der Waals surface area (Å²) in [5.74, 6) is 0.726. The van der Waals surface area contributed by atoms with Crippen molar-refractivity contribution in [3.8, 4) is 17.2 Å². The fraction of sp³-hybridized carbons (Fsp3) is 0.316. The summed E-state index contributed by atoms with van der Waals surface area (Å²) in [6, 6.07) is 8.18. The standard InChI is InChI=1S/C19H21ClN2O6S/c1-3-26-16-6-4-13(20)10-18(16)29(24,25)22-12(2)19(23)21-14-5-7-15-17(11-14)28-9-8-27-15/h4-7,10-12,22H,3,8-9H2,1-2H3,(H,21,23). The van der Waals surface area contributed by atoms with Crippen molar-refractivity contribution >= 4 is 33.2 Å². The molecule has 0 saturated carbocycles. The summed E-state index contributed by atoms with van der Waals surface area (Å²) in [4.78, 5) is 12.4. The molecule has 0 bridgehead atoms. The Hall–Kier alpha value is -2.49. The summed E-state index contributed by atoms with van der Waals surface area (Å²) in [6.07, 6.45) is 0. The average molecular weight is 441 g/mol. The third-order valence-corrected chi connectivity index (χ3v) is 5.83. The van der Waals surface area contributed by atoms with Crippen LogP contribution in [0.2, 0.25) is 5.02 Å². The summed E-state index contributed by atoms with van der Waals surface area (Å²) < 4.78 is 44.2. The van der Waals surface area contributed by atoms with Gasteiger partial charge < -0.3 is 19.5 Å². The van der Waals surface area contributed by atoms with E-state index in [0.29, 0.717) is 30.4 Å². The van der Waals surface area contributed by atoms with Crippen LogP contribution in [0.25, 0.3) is 0 Å². The topological polar surface area (TPSA) is 103 Å². The molecule has 29 heavy (non-hydrogen) atoms. The molecule has 1 atom stereocenters. The Morgan fingerprint density at radius 2 is 1.90 bits per heavy atom. The van der Waals surface area contributed by atoms with Crippen LogP contribution in [-0.4, -0.2) is 40.2 Å². The van der Waals surface area contributed by atoms with Crippen LogP contribution in [0.15, 0.2) is 41.3 Å². The number of fused-ring (bicyclic) bond motifs is 1. The first kappa shape index (κ1) is 21.2. The van der Waals surface area contributed by atoms with Crippen molar-refractivity contribution in [2.24, 2.45) is 0 Å². The van der Waals surface area contributed by atoms with Gasteiger partial charge in [0.2, 0.25) is 15.9 Å². The number of carbonyl (C=O) groups excluding carboxylic acids is 1. The Bertz CT molecular complexity index is 1010. The van der Waals surface area contributed by atoms with Crippen molar-refractivity contribution in [3.63, 3.8) is 0 Å². The Kier molecular flexibility index (Phi) is 6.51. The first-order valence-electron chi connectivity index (χ1n) is 8.95. The van der Waals surface area contributed by atoms with Crippen LogP contribution in [0, 0.1) is 0 Å². The van der Waals surface area contributed by atoms with E-state index in [-0.39, 0.29) is 22.3 Å². The molecule has 10 heteroatoms. The van der Waals surface area contributed by atoms with Gasteiger partial charge in [-0.2, -0.15) is 4.72 Å². The highest BCUT2D eigenvalue weighted by Gasteiger charge is 2.26. The summed E-state index contributed by atoms with van der Waals surface area (Å²) >= 11 is 5.94. The molecule has 1 amide bonds. The molecule has 2 aromatic rings. The first-order valence-corrected chi connectivity index (χ1v) is 10.8. The molecule has 0 saturated heterocycles. The number of rotatable bonds is 7. The minimum Gasteiger partial charge on any atom is -0.492 e. The van der Waals surface area contributed by atoms with Gasteiger partial charge in [-0.15, -0.1) is 0 Å². The Balaban J connectivity index is 1.73. The minimum atomic E-state index is -4.05. The van der Waals surface area contributed by atoms with E-state index in [0.717, 1.165) is 0 Å². The lowest BCUT2D eigenvalue weighted by atomic mass is 10.2.